The first-order valence-electron chi connectivity index (χ1n) is 17.0. The van der Waals surface area contributed by atoms with E-state index in [1.165, 1.54) is 89.9 Å². The van der Waals surface area contributed by atoms with E-state index in [0.717, 1.165) is 32.1 Å². The van der Waals surface area contributed by atoms with Crippen LogP contribution < -0.4 is 5.32 Å². The van der Waals surface area contributed by atoms with E-state index >= 15 is 0 Å². The summed E-state index contributed by atoms with van der Waals surface area (Å²) in [7, 11) is 0. The number of allylic oxidation sites excluding steroid dienone is 7. The van der Waals surface area contributed by atoms with Crippen LogP contribution in [0.3, 0.4) is 0 Å². The topological polar surface area (TPSA) is 89.8 Å². The molecule has 1 amide bonds. The Kier molecular flexibility index (Phi) is 30.0. The van der Waals surface area contributed by atoms with Crippen molar-refractivity contribution in [2.45, 2.75) is 167 Å². The number of aliphatic hydroxyl groups excluding tert-OH is 3. The van der Waals surface area contributed by atoms with E-state index in [-0.39, 0.29) is 0 Å². The molecule has 0 aliphatic carbocycles. The highest BCUT2D eigenvalue weighted by atomic mass is 16.3. The van der Waals surface area contributed by atoms with Crippen molar-refractivity contribution in [2.75, 3.05) is 6.61 Å². The molecular formula is C36H65NO4. The minimum absolute atomic E-state index is 0.322. The molecule has 0 heterocycles. The van der Waals surface area contributed by atoms with Gasteiger partial charge < -0.3 is 20.6 Å². The number of rotatable bonds is 29. The molecule has 0 spiro atoms. The summed E-state index contributed by atoms with van der Waals surface area (Å²) in [6, 6.07) is -0.833. The third-order valence-electron chi connectivity index (χ3n) is 7.38. The van der Waals surface area contributed by atoms with Gasteiger partial charge in [0.25, 0.3) is 0 Å². The Morgan fingerprint density at radius 3 is 1.51 bits per heavy atom. The molecule has 3 atom stereocenters. The number of carbonyl (C=O) groups excluding carboxylic acids is 1. The maximum Gasteiger partial charge on any atom is 0.249 e. The number of hydrogen-bond donors (Lipinski definition) is 4. The van der Waals surface area contributed by atoms with Gasteiger partial charge in [0.2, 0.25) is 5.91 Å². The summed E-state index contributed by atoms with van der Waals surface area (Å²) in [5, 5.41) is 32.6. The highest BCUT2D eigenvalue weighted by Crippen LogP contribution is 2.11. The summed E-state index contributed by atoms with van der Waals surface area (Å²) in [4.78, 5) is 12.3. The molecule has 5 nitrogen and oxygen atoms in total. The molecule has 0 saturated carbocycles. The van der Waals surface area contributed by atoms with Gasteiger partial charge >= 0.3 is 0 Å². The molecule has 0 aromatic rings. The third kappa shape index (κ3) is 26.9. The molecule has 0 aliphatic rings. The van der Waals surface area contributed by atoms with Gasteiger partial charge in [-0.15, -0.1) is 0 Å². The molecule has 4 N–H and O–H groups in total. The van der Waals surface area contributed by atoms with Crippen LogP contribution in [0.2, 0.25) is 0 Å². The van der Waals surface area contributed by atoms with Crippen molar-refractivity contribution in [1.82, 2.24) is 5.32 Å². The Labute approximate surface area is 253 Å². The second-order valence-electron chi connectivity index (χ2n) is 11.3. The Bertz CT molecular complexity index is 685. The maximum absolute atomic E-state index is 12.3. The first-order chi connectivity index (χ1) is 20.1. The van der Waals surface area contributed by atoms with Crippen molar-refractivity contribution in [2.24, 2.45) is 0 Å². The molecule has 0 radical (unpaired) electrons. The Morgan fingerprint density at radius 2 is 1.00 bits per heavy atom. The maximum atomic E-state index is 12.3. The lowest BCUT2D eigenvalue weighted by Gasteiger charge is -2.21. The highest BCUT2D eigenvalue weighted by Gasteiger charge is 2.22. The number of carbonyl (C=O) groups is 1. The lowest BCUT2D eigenvalue weighted by Crippen LogP contribution is -2.48. The zero-order valence-electron chi connectivity index (χ0n) is 26.7. The molecule has 0 aromatic carbocycles. The van der Waals surface area contributed by atoms with Crippen LogP contribution in [-0.4, -0.2) is 46.1 Å². The number of amides is 1. The molecule has 0 rings (SSSR count). The van der Waals surface area contributed by atoms with Crippen LogP contribution >= 0.6 is 0 Å². The van der Waals surface area contributed by atoms with Crippen LogP contribution in [0.1, 0.15) is 149 Å². The standard InChI is InChI=1S/C36H65NO4/c1-3-5-7-9-11-13-14-15-16-17-18-19-20-21-22-23-25-26-28-30-34(39)33(32-38)37-36(41)35(40)31-29-27-24-12-10-8-6-4-2/h18-19,22-24,27-28,30,33-35,38-40H,3-17,20-21,25-26,29,31-32H2,1-2H3,(H,37,41)/b19-18+,23-22+,27-24-,30-28+. The Balaban J connectivity index is 3.88. The van der Waals surface area contributed by atoms with E-state index in [1.54, 1.807) is 6.08 Å². The monoisotopic (exact) mass is 575 g/mol. The highest BCUT2D eigenvalue weighted by molar-refractivity contribution is 5.80. The van der Waals surface area contributed by atoms with Gasteiger partial charge in [-0.25, -0.2) is 0 Å². The van der Waals surface area contributed by atoms with Gasteiger partial charge in [-0.2, -0.15) is 0 Å². The van der Waals surface area contributed by atoms with Crippen molar-refractivity contribution < 1.29 is 20.1 Å². The van der Waals surface area contributed by atoms with Crippen molar-refractivity contribution in [3.8, 4) is 0 Å². The molecular weight excluding hydrogens is 510 g/mol. The Hall–Kier alpha value is -1.69. The van der Waals surface area contributed by atoms with Crippen LogP contribution in [0.5, 0.6) is 0 Å². The molecule has 0 saturated heterocycles. The van der Waals surface area contributed by atoms with Crippen molar-refractivity contribution in [1.29, 1.82) is 0 Å². The normalized spacial score (nSPS) is 14.6. The molecule has 238 valence electrons. The Morgan fingerprint density at radius 1 is 0.585 bits per heavy atom. The number of hydrogen-bond acceptors (Lipinski definition) is 4. The van der Waals surface area contributed by atoms with Gasteiger partial charge in [-0.1, -0.05) is 133 Å². The van der Waals surface area contributed by atoms with Crippen LogP contribution in [0.15, 0.2) is 48.6 Å². The lowest BCUT2D eigenvalue weighted by molar-refractivity contribution is -0.131. The van der Waals surface area contributed by atoms with Crippen molar-refractivity contribution >= 4 is 5.91 Å². The number of nitrogens with one attached hydrogen (secondary N) is 1. The SMILES string of the molecule is CCCCCC/C=C\CCC(O)C(=O)NC(CO)C(O)/C=C/CC/C=C/CC/C=C/CCCCCCCCCCC. The molecule has 0 bridgehead atoms. The number of unbranched alkanes of at least 4 members (excludes halogenated alkanes) is 15. The fourth-order valence-corrected chi connectivity index (χ4v) is 4.63. The molecule has 5 heteroatoms. The zero-order valence-corrected chi connectivity index (χ0v) is 26.7. The average molecular weight is 576 g/mol. The van der Waals surface area contributed by atoms with Gasteiger partial charge in [0.1, 0.15) is 6.10 Å². The fraction of sp³-hybridized carbons (Fsp3) is 0.750. The van der Waals surface area contributed by atoms with Gasteiger partial charge in [0, 0.05) is 0 Å². The summed E-state index contributed by atoms with van der Waals surface area (Å²) in [6.07, 6.45) is 38.6. The van der Waals surface area contributed by atoms with Gasteiger partial charge in [0.05, 0.1) is 18.8 Å². The molecule has 0 aliphatic heterocycles. The van der Waals surface area contributed by atoms with Gasteiger partial charge in [0.15, 0.2) is 0 Å². The predicted molar refractivity (Wildman–Crippen MR) is 176 cm³/mol. The molecule has 41 heavy (non-hydrogen) atoms. The van der Waals surface area contributed by atoms with E-state index in [1.807, 2.05) is 12.2 Å². The van der Waals surface area contributed by atoms with Crippen LogP contribution in [0.4, 0.5) is 0 Å². The largest absolute Gasteiger partial charge is 0.394 e. The second-order valence-corrected chi connectivity index (χ2v) is 11.3. The fourth-order valence-electron chi connectivity index (χ4n) is 4.63. The summed E-state index contributed by atoms with van der Waals surface area (Å²) >= 11 is 0. The van der Waals surface area contributed by atoms with Crippen molar-refractivity contribution in [3.63, 3.8) is 0 Å². The summed E-state index contributed by atoms with van der Waals surface area (Å²) in [6.45, 7) is 4.07. The van der Waals surface area contributed by atoms with Crippen molar-refractivity contribution in [3.05, 3.63) is 48.6 Å². The van der Waals surface area contributed by atoms with Crippen LogP contribution in [0.25, 0.3) is 0 Å². The molecule has 0 aromatic heterocycles. The van der Waals surface area contributed by atoms with Gasteiger partial charge in [-0.05, 0) is 64.2 Å². The van der Waals surface area contributed by atoms with Crippen LogP contribution in [0, 0.1) is 0 Å². The average Bonchev–Trinajstić information content (AvgIpc) is 2.98. The lowest BCUT2D eigenvalue weighted by atomic mass is 10.1. The first kappa shape index (κ1) is 39.3. The predicted octanol–water partition coefficient (Wildman–Crippen LogP) is 8.64. The van der Waals surface area contributed by atoms with Gasteiger partial charge in [-0.3, -0.25) is 4.79 Å². The van der Waals surface area contributed by atoms with E-state index < -0.39 is 30.8 Å². The quantitative estimate of drug-likeness (QED) is 0.0531. The van der Waals surface area contributed by atoms with E-state index in [2.05, 4.69) is 49.5 Å². The number of aliphatic hydroxyl groups is 3. The summed E-state index contributed by atoms with van der Waals surface area (Å²) in [5.41, 5.74) is 0. The first-order valence-corrected chi connectivity index (χ1v) is 17.0. The summed E-state index contributed by atoms with van der Waals surface area (Å²) < 4.78 is 0. The van der Waals surface area contributed by atoms with Crippen LogP contribution in [-0.2, 0) is 4.79 Å². The van der Waals surface area contributed by atoms with E-state index in [9.17, 15) is 20.1 Å². The second kappa shape index (κ2) is 31.3. The smallest absolute Gasteiger partial charge is 0.249 e. The van der Waals surface area contributed by atoms with E-state index in [4.69, 9.17) is 0 Å². The minimum atomic E-state index is -1.15. The molecule has 0 fully saturated rings. The third-order valence-corrected chi connectivity index (χ3v) is 7.38. The molecule has 3 unspecified atom stereocenters. The zero-order chi connectivity index (χ0) is 30.2. The summed E-state index contributed by atoms with van der Waals surface area (Å²) in [5.74, 6) is -0.557. The minimum Gasteiger partial charge on any atom is -0.394 e. The van der Waals surface area contributed by atoms with E-state index in [0.29, 0.717) is 12.8 Å².